The Balaban J connectivity index is 2.93. The van der Waals surface area contributed by atoms with Gasteiger partial charge in [0.25, 0.3) is 0 Å². The Labute approximate surface area is 83.2 Å². The molecule has 0 saturated heterocycles. The quantitative estimate of drug-likeness (QED) is 0.686. The van der Waals surface area contributed by atoms with Crippen molar-refractivity contribution in [2.24, 2.45) is 0 Å². The molecular formula is C11H13NO2. The number of nitrogens with zero attached hydrogens (tertiary/aromatic N) is 1. The topological polar surface area (TPSA) is 47.0 Å². The molecular weight excluding hydrogens is 178 g/mol. The molecule has 3 heteroatoms. The molecule has 1 aromatic heterocycles. The highest BCUT2D eigenvalue weighted by Crippen LogP contribution is 2.06. The zero-order chi connectivity index (χ0) is 10.6. The van der Waals surface area contributed by atoms with Gasteiger partial charge in [-0.15, -0.1) is 0 Å². The lowest BCUT2D eigenvalue weighted by atomic mass is 10.1. The molecule has 0 saturated carbocycles. The maximum atomic E-state index is 11.4. The van der Waals surface area contributed by atoms with Crippen LogP contribution in [0.15, 0.2) is 18.3 Å². The van der Waals surface area contributed by atoms with E-state index >= 15 is 0 Å². The van der Waals surface area contributed by atoms with Crippen molar-refractivity contribution in [3.8, 4) is 0 Å². The van der Waals surface area contributed by atoms with Gasteiger partial charge in [-0.25, -0.2) is 0 Å². The SMILES string of the molecule is CCCC(=O)c1cc(C(C)=O)ccn1. The van der Waals surface area contributed by atoms with Crippen LogP contribution >= 0.6 is 0 Å². The number of pyridine rings is 1. The van der Waals surface area contributed by atoms with E-state index in [4.69, 9.17) is 0 Å². The Kier molecular flexibility index (Phi) is 3.51. The van der Waals surface area contributed by atoms with Gasteiger partial charge in [-0.1, -0.05) is 6.92 Å². The van der Waals surface area contributed by atoms with Crippen molar-refractivity contribution in [3.05, 3.63) is 29.6 Å². The Hall–Kier alpha value is -1.51. The molecule has 1 rings (SSSR count). The number of carbonyl (C=O) groups is 2. The van der Waals surface area contributed by atoms with Gasteiger partial charge in [0.2, 0.25) is 0 Å². The number of Topliss-reactive ketones (excluding diaryl/α,β-unsaturated/α-hetero) is 2. The standard InChI is InChI=1S/C11H13NO2/c1-3-4-11(14)10-7-9(8(2)13)5-6-12-10/h5-7H,3-4H2,1-2H3. The molecule has 0 atom stereocenters. The van der Waals surface area contributed by atoms with Crippen LogP contribution < -0.4 is 0 Å². The Morgan fingerprint density at radius 3 is 2.71 bits per heavy atom. The van der Waals surface area contributed by atoms with E-state index in [1.165, 1.54) is 13.1 Å². The minimum Gasteiger partial charge on any atom is -0.295 e. The summed E-state index contributed by atoms with van der Waals surface area (Å²) in [5, 5.41) is 0. The first kappa shape index (κ1) is 10.6. The molecule has 0 radical (unpaired) electrons. The van der Waals surface area contributed by atoms with Crippen molar-refractivity contribution in [1.29, 1.82) is 0 Å². The van der Waals surface area contributed by atoms with Crippen LogP contribution in [0.1, 0.15) is 47.5 Å². The molecule has 0 spiro atoms. The predicted octanol–water partition coefficient (Wildman–Crippen LogP) is 2.27. The van der Waals surface area contributed by atoms with E-state index in [1.54, 1.807) is 12.1 Å². The smallest absolute Gasteiger partial charge is 0.181 e. The largest absolute Gasteiger partial charge is 0.295 e. The average Bonchev–Trinajstić information content (AvgIpc) is 2.18. The van der Waals surface area contributed by atoms with Crippen LogP contribution in [0.5, 0.6) is 0 Å². The van der Waals surface area contributed by atoms with Crippen LogP contribution in [0, 0.1) is 0 Å². The van der Waals surface area contributed by atoms with Crippen LogP contribution in [-0.4, -0.2) is 16.6 Å². The van der Waals surface area contributed by atoms with Gasteiger partial charge in [-0.2, -0.15) is 0 Å². The lowest BCUT2D eigenvalue weighted by Gasteiger charge is -1.99. The molecule has 1 aromatic rings. The third-order valence-electron chi connectivity index (χ3n) is 1.93. The van der Waals surface area contributed by atoms with Gasteiger partial charge in [0, 0.05) is 18.2 Å². The van der Waals surface area contributed by atoms with Crippen LogP contribution in [0.3, 0.4) is 0 Å². The average molecular weight is 191 g/mol. The van der Waals surface area contributed by atoms with Crippen LogP contribution in [0.4, 0.5) is 0 Å². The first-order chi connectivity index (χ1) is 6.65. The molecule has 0 fully saturated rings. The lowest BCUT2D eigenvalue weighted by molar-refractivity contribution is 0.0977. The van der Waals surface area contributed by atoms with E-state index in [1.807, 2.05) is 6.92 Å². The van der Waals surface area contributed by atoms with Gasteiger partial charge in [-0.3, -0.25) is 14.6 Å². The van der Waals surface area contributed by atoms with Crippen molar-refractivity contribution >= 4 is 11.6 Å². The van der Waals surface area contributed by atoms with Crippen molar-refractivity contribution in [3.63, 3.8) is 0 Å². The number of aromatic nitrogens is 1. The van der Waals surface area contributed by atoms with Crippen molar-refractivity contribution in [1.82, 2.24) is 4.98 Å². The molecule has 0 bridgehead atoms. The molecule has 74 valence electrons. The lowest BCUT2D eigenvalue weighted by Crippen LogP contribution is -2.03. The van der Waals surface area contributed by atoms with E-state index in [9.17, 15) is 9.59 Å². The fourth-order valence-electron chi connectivity index (χ4n) is 1.16. The highest BCUT2D eigenvalue weighted by atomic mass is 16.1. The molecule has 0 aromatic carbocycles. The Morgan fingerprint density at radius 1 is 1.43 bits per heavy atom. The minimum absolute atomic E-state index is 0.00407. The maximum absolute atomic E-state index is 11.4. The summed E-state index contributed by atoms with van der Waals surface area (Å²) in [6, 6.07) is 3.17. The van der Waals surface area contributed by atoms with Crippen LogP contribution in [0.25, 0.3) is 0 Å². The molecule has 0 aliphatic carbocycles. The van der Waals surface area contributed by atoms with Gasteiger partial charge >= 0.3 is 0 Å². The maximum Gasteiger partial charge on any atom is 0.181 e. The number of carbonyl (C=O) groups excluding carboxylic acids is 2. The first-order valence-corrected chi connectivity index (χ1v) is 4.65. The monoisotopic (exact) mass is 191 g/mol. The third kappa shape index (κ3) is 2.49. The summed E-state index contributed by atoms with van der Waals surface area (Å²) >= 11 is 0. The zero-order valence-corrected chi connectivity index (χ0v) is 8.41. The third-order valence-corrected chi connectivity index (χ3v) is 1.93. The number of hydrogen-bond donors (Lipinski definition) is 0. The highest BCUT2D eigenvalue weighted by Gasteiger charge is 2.08. The number of ketones is 2. The summed E-state index contributed by atoms with van der Waals surface area (Å²) in [6.07, 6.45) is 2.78. The molecule has 0 aliphatic heterocycles. The molecule has 0 aliphatic rings. The molecule has 0 N–H and O–H groups in total. The summed E-state index contributed by atoms with van der Waals surface area (Å²) < 4.78 is 0. The van der Waals surface area contributed by atoms with Gasteiger partial charge < -0.3 is 0 Å². The van der Waals surface area contributed by atoms with Crippen LogP contribution in [-0.2, 0) is 0 Å². The van der Waals surface area contributed by atoms with Gasteiger partial charge in [0.15, 0.2) is 11.6 Å². The van der Waals surface area contributed by atoms with Crippen molar-refractivity contribution in [2.45, 2.75) is 26.7 Å². The molecule has 3 nitrogen and oxygen atoms in total. The molecule has 14 heavy (non-hydrogen) atoms. The van der Waals surface area contributed by atoms with Gasteiger partial charge in [-0.05, 0) is 25.5 Å². The van der Waals surface area contributed by atoms with E-state index in [0.29, 0.717) is 17.7 Å². The fourth-order valence-corrected chi connectivity index (χ4v) is 1.16. The molecule has 1 heterocycles. The number of rotatable bonds is 4. The van der Waals surface area contributed by atoms with Crippen molar-refractivity contribution < 1.29 is 9.59 Å². The van der Waals surface area contributed by atoms with Gasteiger partial charge in [0.1, 0.15) is 5.69 Å². The fraction of sp³-hybridized carbons (Fsp3) is 0.364. The van der Waals surface area contributed by atoms with Gasteiger partial charge in [0.05, 0.1) is 0 Å². The zero-order valence-electron chi connectivity index (χ0n) is 8.41. The number of hydrogen-bond acceptors (Lipinski definition) is 3. The van der Waals surface area contributed by atoms with Crippen LogP contribution in [0.2, 0.25) is 0 Å². The summed E-state index contributed by atoms with van der Waals surface area (Å²) in [4.78, 5) is 26.4. The summed E-state index contributed by atoms with van der Waals surface area (Å²) in [5.41, 5.74) is 0.930. The van der Waals surface area contributed by atoms with E-state index < -0.39 is 0 Å². The normalized spacial score (nSPS) is 9.86. The summed E-state index contributed by atoms with van der Waals surface area (Å²) in [6.45, 7) is 3.41. The molecule has 0 amide bonds. The Morgan fingerprint density at radius 2 is 2.14 bits per heavy atom. The minimum atomic E-state index is -0.0436. The first-order valence-electron chi connectivity index (χ1n) is 4.65. The molecule has 0 unspecified atom stereocenters. The summed E-state index contributed by atoms with van der Waals surface area (Å²) in [7, 11) is 0. The second-order valence-electron chi connectivity index (χ2n) is 3.16. The van der Waals surface area contributed by atoms with E-state index in [0.717, 1.165) is 6.42 Å². The highest BCUT2D eigenvalue weighted by molar-refractivity contribution is 5.99. The predicted molar refractivity (Wildman–Crippen MR) is 53.5 cm³/mol. The summed E-state index contributed by atoms with van der Waals surface area (Å²) in [5.74, 6) is -0.0476. The Bertz CT molecular complexity index is 358. The second kappa shape index (κ2) is 4.65. The van der Waals surface area contributed by atoms with Crippen molar-refractivity contribution in [2.75, 3.05) is 0 Å². The second-order valence-corrected chi connectivity index (χ2v) is 3.16. The van der Waals surface area contributed by atoms with E-state index in [2.05, 4.69) is 4.98 Å². The van der Waals surface area contributed by atoms with E-state index in [-0.39, 0.29) is 11.6 Å².